The van der Waals surface area contributed by atoms with Crippen LogP contribution in [0.15, 0.2) is 12.3 Å². The summed E-state index contributed by atoms with van der Waals surface area (Å²) in [6.07, 6.45) is 4.22. The molecule has 0 amide bonds. The minimum absolute atomic E-state index is 0.249. The third-order valence-corrected chi connectivity index (χ3v) is 3.07. The Labute approximate surface area is 98.3 Å². The normalized spacial score (nSPS) is 17.4. The van der Waals surface area contributed by atoms with E-state index in [1.807, 2.05) is 6.07 Å². The molecule has 1 aromatic rings. The summed E-state index contributed by atoms with van der Waals surface area (Å²) in [5.74, 6) is -0.649. The molecule has 17 heavy (non-hydrogen) atoms. The first-order valence-corrected chi connectivity index (χ1v) is 5.41. The Hall–Kier alpha value is -2.16. The molecule has 1 saturated carbocycles. The Balaban J connectivity index is 2.30. The predicted molar refractivity (Wildman–Crippen MR) is 59.2 cm³/mol. The Kier molecular flexibility index (Phi) is 2.91. The van der Waals surface area contributed by atoms with E-state index in [1.165, 1.54) is 12.3 Å². The molecule has 0 spiro atoms. The summed E-state index contributed by atoms with van der Waals surface area (Å²) in [5.41, 5.74) is -0.686. The van der Waals surface area contributed by atoms with Gasteiger partial charge in [-0.2, -0.15) is 10.4 Å². The fourth-order valence-corrected chi connectivity index (χ4v) is 2.11. The molecule has 0 aromatic carbocycles. The molecule has 6 heteroatoms. The molecule has 6 nitrogen and oxygen atoms in total. The molecule has 88 valence electrons. The van der Waals surface area contributed by atoms with Gasteiger partial charge in [0.05, 0.1) is 11.8 Å². The number of nitrogens with one attached hydrogen (secondary N) is 1. The third kappa shape index (κ3) is 2.04. The van der Waals surface area contributed by atoms with E-state index in [0.29, 0.717) is 18.4 Å². The topological polar surface area (TPSA) is 98.9 Å². The van der Waals surface area contributed by atoms with Crippen molar-refractivity contribution in [2.75, 3.05) is 5.32 Å². The van der Waals surface area contributed by atoms with Gasteiger partial charge in [-0.15, -0.1) is 5.10 Å². The van der Waals surface area contributed by atoms with Gasteiger partial charge in [-0.25, -0.2) is 4.79 Å². The van der Waals surface area contributed by atoms with Gasteiger partial charge in [-0.1, -0.05) is 12.8 Å². The van der Waals surface area contributed by atoms with Crippen LogP contribution >= 0.6 is 0 Å². The fraction of sp³-hybridized carbons (Fsp3) is 0.455. The van der Waals surface area contributed by atoms with Crippen LogP contribution in [0.3, 0.4) is 0 Å². The molecular formula is C11H12N4O2. The predicted octanol–water partition coefficient (Wildman–Crippen LogP) is 1.16. The van der Waals surface area contributed by atoms with Crippen LogP contribution in [-0.2, 0) is 4.79 Å². The minimum atomic E-state index is -0.998. The number of hydrogen-bond donors (Lipinski definition) is 2. The van der Waals surface area contributed by atoms with Crippen molar-refractivity contribution < 1.29 is 9.90 Å². The minimum Gasteiger partial charge on any atom is -0.480 e. The van der Waals surface area contributed by atoms with Crippen LogP contribution in [0.2, 0.25) is 0 Å². The molecule has 0 radical (unpaired) electrons. The fourth-order valence-electron chi connectivity index (χ4n) is 2.11. The summed E-state index contributed by atoms with van der Waals surface area (Å²) in [7, 11) is 0. The Morgan fingerprint density at radius 3 is 2.82 bits per heavy atom. The first-order valence-electron chi connectivity index (χ1n) is 5.41. The lowest BCUT2D eigenvalue weighted by molar-refractivity contribution is -0.142. The molecule has 1 aliphatic carbocycles. The molecule has 1 fully saturated rings. The van der Waals surface area contributed by atoms with E-state index in [0.717, 1.165) is 12.8 Å². The molecule has 0 atom stereocenters. The van der Waals surface area contributed by atoms with E-state index in [9.17, 15) is 9.90 Å². The van der Waals surface area contributed by atoms with Crippen molar-refractivity contribution in [3.8, 4) is 6.07 Å². The van der Waals surface area contributed by atoms with Gasteiger partial charge >= 0.3 is 5.97 Å². The van der Waals surface area contributed by atoms with Gasteiger partial charge in [-0.3, -0.25) is 0 Å². The number of rotatable bonds is 3. The van der Waals surface area contributed by atoms with Crippen LogP contribution in [0.1, 0.15) is 31.2 Å². The molecule has 1 aliphatic rings. The summed E-state index contributed by atoms with van der Waals surface area (Å²) in [6, 6.07) is 3.48. The number of hydrogen-bond acceptors (Lipinski definition) is 5. The Bertz CT molecular complexity index is 475. The number of carboxylic acids is 1. The van der Waals surface area contributed by atoms with Crippen molar-refractivity contribution in [3.63, 3.8) is 0 Å². The molecule has 2 N–H and O–H groups in total. The molecule has 2 rings (SSSR count). The van der Waals surface area contributed by atoms with Crippen LogP contribution in [0, 0.1) is 11.3 Å². The zero-order valence-electron chi connectivity index (χ0n) is 9.18. The van der Waals surface area contributed by atoms with E-state index in [2.05, 4.69) is 15.5 Å². The van der Waals surface area contributed by atoms with Crippen LogP contribution in [0.5, 0.6) is 0 Å². The zero-order chi connectivity index (χ0) is 12.3. The van der Waals surface area contributed by atoms with Gasteiger partial charge in [0, 0.05) is 0 Å². The molecular weight excluding hydrogens is 220 g/mol. The summed E-state index contributed by atoms with van der Waals surface area (Å²) in [6.45, 7) is 0. The summed E-state index contributed by atoms with van der Waals surface area (Å²) >= 11 is 0. The van der Waals surface area contributed by atoms with Crippen LogP contribution in [-0.4, -0.2) is 26.8 Å². The molecule has 1 heterocycles. The van der Waals surface area contributed by atoms with Crippen molar-refractivity contribution in [2.24, 2.45) is 0 Å². The number of nitriles is 1. The lowest BCUT2D eigenvalue weighted by Gasteiger charge is -2.25. The van der Waals surface area contributed by atoms with Crippen molar-refractivity contribution >= 4 is 11.8 Å². The maximum Gasteiger partial charge on any atom is 0.329 e. The summed E-state index contributed by atoms with van der Waals surface area (Å²) in [5, 5.41) is 28.5. The maximum absolute atomic E-state index is 11.3. The monoisotopic (exact) mass is 232 g/mol. The smallest absolute Gasteiger partial charge is 0.329 e. The molecule has 1 aromatic heterocycles. The van der Waals surface area contributed by atoms with E-state index >= 15 is 0 Å². The highest BCUT2D eigenvalue weighted by atomic mass is 16.4. The van der Waals surface area contributed by atoms with Gasteiger partial charge in [0.15, 0.2) is 5.82 Å². The maximum atomic E-state index is 11.3. The van der Waals surface area contributed by atoms with Crippen LogP contribution in [0.25, 0.3) is 0 Å². The van der Waals surface area contributed by atoms with E-state index in [4.69, 9.17) is 5.26 Å². The second kappa shape index (κ2) is 4.37. The number of nitrogens with zero attached hydrogens (tertiary/aromatic N) is 3. The van der Waals surface area contributed by atoms with Gasteiger partial charge in [0.1, 0.15) is 11.6 Å². The quantitative estimate of drug-likeness (QED) is 0.811. The van der Waals surface area contributed by atoms with Gasteiger partial charge in [-0.05, 0) is 18.9 Å². The van der Waals surface area contributed by atoms with Gasteiger partial charge < -0.3 is 10.4 Å². The number of carboxylic acid groups (broad SMARTS) is 1. The summed E-state index contributed by atoms with van der Waals surface area (Å²) in [4.78, 5) is 11.3. The zero-order valence-corrected chi connectivity index (χ0v) is 9.18. The number of carbonyl (C=O) groups is 1. The summed E-state index contributed by atoms with van der Waals surface area (Å²) < 4.78 is 0. The highest BCUT2D eigenvalue weighted by Gasteiger charge is 2.42. The van der Waals surface area contributed by atoms with Crippen LogP contribution in [0.4, 0.5) is 5.82 Å². The third-order valence-electron chi connectivity index (χ3n) is 3.07. The van der Waals surface area contributed by atoms with Gasteiger partial charge in [0.25, 0.3) is 0 Å². The molecule has 0 unspecified atom stereocenters. The van der Waals surface area contributed by atoms with Crippen molar-refractivity contribution in [1.29, 1.82) is 5.26 Å². The SMILES string of the molecule is N#Cc1ccnnc1NC1(C(=O)O)CCCC1. The first-order chi connectivity index (χ1) is 8.18. The highest BCUT2D eigenvalue weighted by molar-refractivity contribution is 5.83. The average molecular weight is 232 g/mol. The van der Waals surface area contributed by atoms with Gasteiger partial charge in [0.2, 0.25) is 0 Å². The molecule has 0 saturated heterocycles. The number of aliphatic carboxylic acids is 1. The first kappa shape index (κ1) is 11.3. The van der Waals surface area contributed by atoms with Crippen molar-refractivity contribution in [2.45, 2.75) is 31.2 Å². The second-order valence-electron chi connectivity index (χ2n) is 4.12. The number of anilines is 1. The average Bonchev–Trinajstić information content (AvgIpc) is 2.80. The number of aromatic nitrogens is 2. The largest absolute Gasteiger partial charge is 0.480 e. The lowest BCUT2D eigenvalue weighted by Crippen LogP contribution is -2.44. The van der Waals surface area contributed by atoms with E-state index in [-0.39, 0.29) is 5.82 Å². The van der Waals surface area contributed by atoms with E-state index in [1.54, 1.807) is 0 Å². The van der Waals surface area contributed by atoms with Crippen molar-refractivity contribution in [3.05, 3.63) is 17.8 Å². The highest BCUT2D eigenvalue weighted by Crippen LogP contribution is 2.33. The molecule has 0 aliphatic heterocycles. The van der Waals surface area contributed by atoms with Crippen LogP contribution < -0.4 is 5.32 Å². The standard InChI is InChI=1S/C11H12N4O2/c12-7-8-3-6-13-15-9(8)14-11(10(16)17)4-1-2-5-11/h3,6H,1-2,4-5H2,(H,14,15)(H,16,17). The Morgan fingerprint density at radius 1 is 1.53 bits per heavy atom. The van der Waals surface area contributed by atoms with Crippen molar-refractivity contribution in [1.82, 2.24) is 10.2 Å². The Morgan fingerprint density at radius 2 is 2.24 bits per heavy atom. The second-order valence-corrected chi connectivity index (χ2v) is 4.12. The van der Waals surface area contributed by atoms with E-state index < -0.39 is 11.5 Å². The lowest BCUT2D eigenvalue weighted by atomic mass is 9.97. The molecule has 0 bridgehead atoms.